The number of ether oxygens (including phenoxy) is 1. The van der Waals surface area contributed by atoms with Crippen LogP contribution in [0.15, 0.2) is 48.7 Å². The maximum atomic E-state index is 12.7. The van der Waals surface area contributed by atoms with Gasteiger partial charge in [0.25, 0.3) is 0 Å². The van der Waals surface area contributed by atoms with Crippen molar-refractivity contribution in [2.45, 2.75) is 24.7 Å². The first-order valence-electron chi connectivity index (χ1n) is 9.53. The van der Waals surface area contributed by atoms with Gasteiger partial charge < -0.3 is 15.4 Å². The van der Waals surface area contributed by atoms with Gasteiger partial charge in [0.1, 0.15) is 11.6 Å². The molecule has 0 aliphatic carbocycles. The van der Waals surface area contributed by atoms with Gasteiger partial charge in [-0.15, -0.1) is 13.2 Å². The number of aromatic nitrogens is 2. The topological polar surface area (TPSA) is 51.1 Å². The molecule has 2 aromatic carbocycles. The Morgan fingerprint density at radius 1 is 1.10 bits per heavy atom. The Hall–Kier alpha value is -2.87. The zero-order valence-electron chi connectivity index (χ0n) is 15.8. The van der Waals surface area contributed by atoms with Crippen LogP contribution in [-0.4, -0.2) is 29.2 Å². The fraction of sp³-hybridized carbons (Fsp3) is 0.286. The second-order valence-electron chi connectivity index (χ2n) is 7.56. The molecule has 5 nitrogen and oxygen atoms in total. The second kappa shape index (κ2) is 6.84. The Bertz CT molecular complexity index is 1100. The van der Waals surface area contributed by atoms with Crippen molar-refractivity contribution in [3.8, 4) is 5.75 Å². The molecule has 2 aliphatic heterocycles. The third-order valence-electron chi connectivity index (χ3n) is 5.77. The zero-order valence-corrected chi connectivity index (χ0v) is 16.5. The molecule has 0 saturated carbocycles. The molecule has 5 rings (SSSR count). The van der Waals surface area contributed by atoms with Crippen LogP contribution < -0.4 is 15.4 Å². The van der Waals surface area contributed by atoms with Crippen LogP contribution in [0.1, 0.15) is 23.1 Å². The van der Waals surface area contributed by atoms with Crippen LogP contribution in [0.25, 0.3) is 0 Å². The lowest BCUT2D eigenvalue weighted by atomic mass is 9.72. The molecule has 0 radical (unpaired) electrons. The molecular formula is C21H18ClF3N4O. The van der Waals surface area contributed by atoms with Gasteiger partial charge in [-0.1, -0.05) is 23.7 Å². The van der Waals surface area contributed by atoms with E-state index >= 15 is 0 Å². The number of benzene rings is 2. The van der Waals surface area contributed by atoms with Crippen molar-refractivity contribution in [3.05, 3.63) is 70.4 Å². The Labute approximate surface area is 175 Å². The number of nitrogens with one attached hydrogen (secondary N) is 2. The highest BCUT2D eigenvalue weighted by molar-refractivity contribution is 6.30. The summed E-state index contributed by atoms with van der Waals surface area (Å²) in [6.45, 7) is 1.84. The SMILES string of the molecule is FC(F)(F)Oc1ccc2c(c1)[C@@]1(CCNc3c1cnn3Cc1ccc(Cl)cc1)CN2. The fourth-order valence-electron chi connectivity index (χ4n) is 4.41. The van der Waals surface area contributed by atoms with Crippen molar-refractivity contribution < 1.29 is 17.9 Å². The monoisotopic (exact) mass is 434 g/mol. The molecule has 0 bridgehead atoms. The van der Waals surface area contributed by atoms with Gasteiger partial charge in [0.2, 0.25) is 0 Å². The minimum atomic E-state index is -4.73. The predicted octanol–water partition coefficient (Wildman–Crippen LogP) is 5.01. The van der Waals surface area contributed by atoms with Crippen LogP contribution in [0, 0.1) is 0 Å². The largest absolute Gasteiger partial charge is 0.573 e. The van der Waals surface area contributed by atoms with Gasteiger partial charge in [0.05, 0.1) is 12.7 Å². The first-order valence-corrected chi connectivity index (χ1v) is 9.91. The summed E-state index contributed by atoms with van der Waals surface area (Å²) in [5.74, 6) is 0.672. The van der Waals surface area contributed by atoms with Gasteiger partial charge in [-0.25, -0.2) is 4.68 Å². The molecule has 3 aromatic rings. The maximum Gasteiger partial charge on any atom is 0.573 e. The van der Waals surface area contributed by atoms with Gasteiger partial charge in [-0.2, -0.15) is 5.10 Å². The fourth-order valence-corrected chi connectivity index (χ4v) is 4.53. The average Bonchev–Trinajstić information content (AvgIpc) is 3.26. The first kappa shape index (κ1) is 19.1. The van der Waals surface area contributed by atoms with Crippen LogP contribution in [0.4, 0.5) is 24.7 Å². The molecule has 0 unspecified atom stereocenters. The van der Waals surface area contributed by atoms with Crippen LogP contribution in [0.2, 0.25) is 5.02 Å². The number of alkyl halides is 3. The summed E-state index contributed by atoms with van der Waals surface area (Å²) >= 11 is 5.97. The van der Waals surface area contributed by atoms with Crippen molar-refractivity contribution in [2.24, 2.45) is 0 Å². The lowest BCUT2D eigenvalue weighted by Crippen LogP contribution is -2.37. The second-order valence-corrected chi connectivity index (χ2v) is 8.00. The summed E-state index contributed by atoms with van der Waals surface area (Å²) in [7, 11) is 0. The molecule has 9 heteroatoms. The Morgan fingerprint density at radius 2 is 1.90 bits per heavy atom. The Morgan fingerprint density at radius 3 is 2.67 bits per heavy atom. The molecule has 30 heavy (non-hydrogen) atoms. The molecule has 2 aliphatic rings. The number of fused-ring (bicyclic) bond motifs is 4. The van der Waals surface area contributed by atoms with E-state index in [9.17, 15) is 13.2 Å². The molecule has 0 fully saturated rings. The van der Waals surface area contributed by atoms with Crippen molar-refractivity contribution >= 4 is 23.1 Å². The molecule has 156 valence electrons. The first-order chi connectivity index (χ1) is 14.3. The Kier molecular flexibility index (Phi) is 4.36. The highest BCUT2D eigenvalue weighted by atomic mass is 35.5. The smallest absolute Gasteiger partial charge is 0.406 e. The molecule has 1 atom stereocenters. The minimum Gasteiger partial charge on any atom is -0.406 e. The van der Waals surface area contributed by atoms with Crippen molar-refractivity contribution in [1.82, 2.24) is 9.78 Å². The number of nitrogens with zero attached hydrogens (tertiary/aromatic N) is 2. The van der Waals surface area contributed by atoms with Gasteiger partial charge in [0.15, 0.2) is 0 Å². The molecular weight excluding hydrogens is 417 g/mol. The summed E-state index contributed by atoms with van der Waals surface area (Å²) in [6, 6.07) is 12.0. The van der Waals surface area contributed by atoms with E-state index in [4.69, 9.17) is 11.6 Å². The summed E-state index contributed by atoms with van der Waals surface area (Å²) in [4.78, 5) is 0. The quantitative estimate of drug-likeness (QED) is 0.608. The average molecular weight is 435 g/mol. The number of hydrogen-bond acceptors (Lipinski definition) is 4. The van der Waals surface area contributed by atoms with Crippen molar-refractivity contribution in [1.29, 1.82) is 0 Å². The van der Waals surface area contributed by atoms with E-state index in [0.717, 1.165) is 34.6 Å². The van der Waals surface area contributed by atoms with Gasteiger partial charge in [-0.05, 0) is 47.9 Å². The summed E-state index contributed by atoms with van der Waals surface area (Å²) in [6.07, 6.45) is -2.18. The molecule has 0 saturated heterocycles. The molecule has 0 amide bonds. The van der Waals surface area contributed by atoms with Gasteiger partial charge >= 0.3 is 6.36 Å². The molecule has 1 spiro atoms. The highest BCUT2D eigenvalue weighted by Gasteiger charge is 2.46. The van der Waals surface area contributed by atoms with Crippen LogP contribution in [0.3, 0.4) is 0 Å². The van der Waals surface area contributed by atoms with E-state index in [1.165, 1.54) is 12.1 Å². The summed E-state index contributed by atoms with van der Waals surface area (Å²) < 4.78 is 44.2. The third-order valence-corrected chi connectivity index (χ3v) is 6.02. The van der Waals surface area contributed by atoms with Gasteiger partial charge in [-0.3, -0.25) is 0 Å². The van der Waals surface area contributed by atoms with Crippen LogP contribution in [0.5, 0.6) is 5.75 Å². The van der Waals surface area contributed by atoms with Crippen molar-refractivity contribution in [2.75, 3.05) is 23.7 Å². The number of halogens is 4. The number of hydrogen-bond donors (Lipinski definition) is 2. The lowest BCUT2D eigenvalue weighted by Gasteiger charge is -2.34. The van der Waals surface area contributed by atoms with E-state index in [1.54, 1.807) is 6.07 Å². The highest BCUT2D eigenvalue weighted by Crippen LogP contribution is 2.49. The van der Waals surface area contributed by atoms with Crippen molar-refractivity contribution in [3.63, 3.8) is 0 Å². The van der Waals surface area contributed by atoms with E-state index in [-0.39, 0.29) is 5.75 Å². The molecule has 1 aromatic heterocycles. The van der Waals surface area contributed by atoms with Crippen LogP contribution in [-0.2, 0) is 12.0 Å². The van der Waals surface area contributed by atoms with E-state index in [2.05, 4.69) is 20.5 Å². The standard InChI is InChI=1S/C21H18ClF3N4O/c22-14-3-1-13(2-4-14)11-29-19-17(10-28-29)20(7-8-26-19)12-27-18-6-5-15(9-16(18)20)30-21(23,24)25/h1-6,9-10,26-27H,7-8,11-12H2/t20-/m1/s1. The third kappa shape index (κ3) is 3.25. The number of anilines is 2. The zero-order chi connectivity index (χ0) is 20.9. The maximum absolute atomic E-state index is 12.7. The minimum absolute atomic E-state index is 0.210. The van der Waals surface area contributed by atoms with E-state index in [0.29, 0.717) is 24.7 Å². The van der Waals surface area contributed by atoms with E-state index in [1.807, 2.05) is 35.1 Å². The Balaban J connectivity index is 1.52. The molecule has 2 N–H and O–H groups in total. The lowest BCUT2D eigenvalue weighted by molar-refractivity contribution is -0.274. The summed E-state index contributed by atoms with van der Waals surface area (Å²) in [5.41, 5.74) is 3.19. The summed E-state index contributed by atoms with van der Waals surface area (Å²) in [5, 5.41) is 12.0. The van der Waals surface area contributed by atoms with Gasteiger partial charge in [0, 0.05) is 34.8 Å². The predicted molar refractivity (Wildman–Crippen MR) is 108 cm³/mol. The van der Waals surface area contributed by atoms with Crippen LogP contribution >= 0.6 is 11.6 Å². The molecule has 3 heterocycles. The normalized spacial score (nSPS) is 19.7. The number of rotatable bonds is 3. The van der Waals surface area contributed by atoms with E-state index < -0.39 is 11.8 Å².